The monoisotopic (exact) mass is 321 g/mol. The molecule has 0 bridgehead atoms. The summed E-state index contributed by atoms with van der Waals surface area (Å²) in [7, 11) is 2.00. The van der Waals surface area contributed by atoms with Crippen LogP contribution in [0.5, 0.6) is 0 Å². The van der Waals surface area contributed by atoms with Gasteiger partial charge in [0, 0.05) is 33.3 Å². The molecule has 1 N–H and O–H groups in total. The van der Waals surface area contributed by atoms with Gasteiger partial charge in [-0.2, -0.15) is 0 Å². The molecule has 5 nitrogen and oxygen atoms in total. The first kappa shape index (κ1) is 16.1. The van der Waals surface area contributed by atoms with Crippen LogP contribution < -0.4 is 15.1 Å². The van der Waals surface area contributed by atoms with Gasteiger partial charge in [0.25, 0.3) is 0 Å². The Bertz CT molecular complexity index is 561. The highest BCUT2D eigenvalue weighted by molar-refractivity contribution is 5.84. The van der Waals surface area contributed by atoms with Crippen LogP contribution in [-0.2, 0) is 9.53 Å². The van der Waals surface area contributed by atoms with Gasteiger partial charge in [0.1, 0.15) is 5.82 Å². The van der Waals surface area contributed by atoms with Crippen LogP contribution in [0.4, 0.5) is 15.8 Å². The quantitative estimate of drug-likeness (QED) is 0.918. The van der Waals surface area contributed by atoms with Crippen LogP contribution in [0.15, 0.2) is 18.2 Å². The third-order valence-corrected chi connectivity index (χ3v) is 4.50. The minimum Gasteiger partial charge on any atom is -0.376 e. The number of rotatable bonds is 4. The maximum Gasteiger partial charge on any atom is 0.239 e. The molecule has 0 aromatic heterocycles. The second-order valence-corrected chi connectivity index (χ2v) is 6.27. The van der Waals surface area contributed by atoms with Crippen molar-refractivity contribution < 1.29 is 13.9 Å². The largest absolute Gasteiger partial charge is 0.376 e. The molecule has 0 radical (unpaired) electrons. The number of ether oxygens (including phenoxy) is 1. The van der Waals surface area contributed by atoms with Gasteiger partial charge in [0.15, 0.2) is 0 Å². The summed E-state index contributed by atoms with van der Waals surface area (Å²) in [6.07, 6.45) is 3.14. The number of amides is 1. The second-order valence-electron chi connectivity index (χ2n) is 6.27. The van der Waals surface area contributed by atoms with Crippen LogP contribution in [0.3, 0.4) is 0 Å². The topological polar surface area (TPSA) is 44.8 Å². The predicted octanol–water partition coefficient (Wildman–Crippen LogP) is 1.77. The molecule has 0 aliphatic carbocycles. The summed E-state index contributed by atoms with van der Waals surface area (Å²) in [6, 6.07) is 4.77. The summed E-state index contributed by atoms with van der Waals surface area (Å²) in [6.45, 7) is 3.23. The van der Waals surface area contributed by atoms with E-state index in [9.17, 15) is 9.18 Å². The van der Waals surface area contributed by atoms with Crippen molar-refractivity contribution in [1.29, 1.82) is 0 Å². The lowest BCUT2D eigenvalue weighted by Gasteiger charge is -2.25. The van der Waals surface area contributed by atoms with Crippen molar-refractivity contribution >= 4 is 17.3 Å². The number of hydrogen-bond acceptors (Lipinski definition) is 4. The normalized spacial score (nSPS) is 21.0. The molecular weight excluding hydrogens is 297 g/mol. The summed E-state index contributed by atoms with van der Waals surface area (Å²) in [5.41, 5.74) is 1.76. The molecule has 1 fully saturated rings. The zero-order valence-electron chi connectivity index (χ0n) is 13.6. The second kappa shape index (κ2) is 7.17. The number of hydrogen-bond donors (Lipinski definition) is 1. The Kier molecular flexibility index (Phi) is 5.00. The van der Waals surface area contributed by atoms with E-state index in [1.54, 1.807) is 6.07 Å². The van der Waals surface area contributed by atoms with Crippen molar-refractivity contribution in [3.05, 3.63) is 24.0 Å². The number of nitrogens with zero attached hydrogens (tertiary/aromatic N) is 2. The number of halogens is 1. The molecule has 1 amide bonds. The van der Waals surface area contributed by atoms with Crippen LogP contribution in [0.1, 0.15) is 19.3 Å². The Morgan fingerprint density at radius 1 is 1.35 bits per heavy atom. The molecule has 3 rings (SSSR count). The van der Waals surface area contributed by atoms with E-state index in [1.165, 1.54) is 12.1 Å². The minimum absolute atomic E-state index is 0.0414. The van der Waals surface area contributed by atoms with E-state index in [0.29, 0.717) is 6.54 Å². The van der Waals surface area contributed by atoms with Gasteiger partial charge < -0.3 is 19.9 Å². The zero-order valence-corrected chi connectivity index (χ0v) is 13.6. The molecular formula is C17H24FN3O2. The Morgan fingerprint density at radius 2 is 2.22 bits per heavy atom. The summed E-state index contributed by atoms with van der Waals surface area (Å²) in [4.78, 5) is 16.3. The molecule has 1 atom stereocenters. The van der Waals surface area contributed by atoms with E-state index in [4.69, 9.17) is 4.74 Å². The molecule has 126 valence electrons. The maximum atomic E-state index is 13.7. The van der Waals surface area contributed by atoms with Crippen molar-refractivity contribution in [2.24, 2.45) is 0 Å². The van der Waals surface area contributed by atoms with Gasteiger partial charge in [0.05, 0.1) is 24.0 Å². The predicted molar refractivity (Wildman–Crippen MR) is 88.5 cm³/mol. The van der Waals surface area contributed by atoms with Crippen LogP contribution >= 0.6 is 0 Å². The van der Waals surface area contributed by atoms with E-state index in [-0.39, 0.29) is 24.4 Å². The fraction of sp³-hybridized carbons (Fsp3) is 0.588. The highest BCUT2D eigenvalue weighted by atomic mass is 19.1. The third kappa shape index (κ3) is 3.93. The lowest BCUT2D eigenvalue weighted by atomic mass is 10.2. The Balaban J connectivity index is 1.65. The number of benzene rings is 1. The molecule has 1 saturated heterocycles. The zero-order chi connectivity index (χ0) is 16.2. The van der Waals surface area contributed by atoms with Gasteiger partial charge in [-0.05, 0) is 37.5 Å². The molecule has 6 heteroatoms. The maximum absolute atomic E-state index is 13.7. The van der Waals surface area contributed by atoms with Gasteiger partial charge in [-0.25, -0.2) is 4.39 Å². The molecule has 23 heavy (non-hydrogen) atoms. The van der Waals surface area contributed by atoms with E-state index in [2.05, 4.69) is 10.2 Å². The highest BCUT2D eigenvalue weighted by Gasteiger charge is 2.22. The summed E-state index contributed by atoms with van der Waals surface area (Å²) >= 11 is 0. The average Bonchev–Trinajstić information content (AvgIpc) is 3.00. The van der Waals surface area contributed by atoms with Crippen molar-refractivity contribution in [2.45, 2.75) is 25.4 Å². The lowest BCUT2D eigenvalue weighted by Crippen LogP contribution is -2.40. The molecule has 1 aromatic carbocycles. The van der Waals surface area contributed by atoms with Gasteiger partial charge in [-0.3, -0.25) is 4.79 Å². The summed E-state index contributed by atoms with van der Waals surface area (Å²) in [5.74, 6) is -0.316. The molecule has 1 aromatic rings. The van der Waals surface area contributed by atoms with Crippen molar-refractivity contribution in [2.75, 3.05) is 49.6 Å². The first-order chi connectivity index (χ1) is 11.1. The van der Waals surface area contributed by atoms with Gasteiger partial charge in [0.2, 0.25) is 5.91 Å². The average molecular weight is 321 g/mol. The first-order valence-electron chi connectivity index (χ1n) is 8.27. The molecule has 2 heterocycles. The Labute approximate surface area is 136 Å². The standard InChI is InChI=1S/C17H24FN3O2/c1-20-7-3-8-21(16-10-13(18)5-6-15(16)20)12-17(22)19-11-14-4-2-9-23-14/h5-6,10,14H,2-4,7-9,11-12H2,1H3,(H,19,22)/t14-/m0/s1. The first-order valence-corrected chi connectivity index (χ1v) is 8.27. The van der Waals surface area contributed by atoms with Crippen molar-refractivity contribution in [3.8, 4) is 0 Å². The van der Waals surface area contributed by atoms with Gasteiger partial charge in [-0.15, -0.1) is 0 Å². The van der Waals surface area contributed by atoms with Gasteiger partial charge >= 0.3 is 0 Å². The molecule has 0 saturated carbocycles. The van der Waals surface area contributed by atoms with E-state index in [0.717, 1.165) is 50.3 Å². The van der Waals surface area contributed by atoms with Gasteiger partial charge in [-0.1, -0.05) is 0 Å². The minimum atomic E-state index is -0.274. The summed E-state index contributed by atoms with van der Waals surface area (Å²) < 4.78 is 19.2. The fourth-order valence-electron chi connectivity index (χ4n) is 3.24. The van der Waals surface area contributed by atoms with Crippen LogP contribution in [0.2, 0.25) is 0 Å². The lowest BCUT2D eigenvalue weighted by molar-refractivity contribution is -0.120. The molecule has 2 aliphatic rings. The number of carbonyl (C=O) groups is 1. The van der Waals surface area contributed by atoms with Crippen molar-refractivity contribution in [1.82, 2.24) is 5.32 Å². The third-order valence-electron chi connectivity index (χ3n) is 4.50. The Hall–Kier alpha value is -1.82. The van der Waals surface area contributed by atoms with Crippen molar-refractivity contribution in [3.63, 3.8) is 0 Å². The SMILES string of the molecule is CN1CCCN(CC(=O)NC[C@@H]2CCCO2)c2cc(F)ccc21. The number of carbonyl (C=O) groups excluding carboxylic acids is 1. The smallest absolute Gasteiger partial charge is 0.239 e. The highest BCUT2D eigenvalue weighted by Crippen LogP contribution is 2.32. The van der Waals surface area contributed by atoms with E-state index < -0.39 is 0 Å². The molecule has 0 unspecified atom stereocenters. The van der Waals surface area contributed by atoms with Crippen LogP contribution in [0.25, 0.3) is 0 Å². The van der Waals surface area contributed by atoms with Crippen LogP contribution in [-0.4, -0.2) is 51.8 Å². The Morgan fingerprint density at radius 3 is 3.00 bits per heavy atom. The fourth-order valence-corrected chi connectivity index (χ4v) is 3.24. The number of fused-ring (bicyclic) bond motifs is 1. The van der Waals surface area contributed by atoms with Crippen LogP contribution in [0, 0.1) is 5.82 Å². The van der Waals surface area contributed by atoms with E-state index in [1.807, 2.05) is 11.9 Å². The molecule has 2 aliphatic heterocycles. The number of nitrogens with one attached hydrogen (secondary N) is 1. The molecule has 0 spiro atoms. The number of anilines is 2. The summed E-state index contributed by atoms with van der Waals surface area (Å²) in [5, 5.41) is 2.94. The van der Waals surface area contributed by atoms with E-state index >= 15 is 0 Å².